The summed E-state index contributed by atoms with van der Waals surface area (Å²) in [6.07, 6.45) is 1.08. The van der Waals surface area contributed by atoms with Crippen molar-refractivity contribution in [3.05, 3.63) is 41.8 Å². The number of ether oxygens (including phenoxy) is 1. The molecule has 0 spiro atoms. The number of hydrogen-bond acceptors (Lipinski definition) is 4. The van der Waals surface area contributed by atoms with Crippen LogP contribution in [0.3, 0.4) is 0 Å². The molecule has 0 amide bonds. The van der Waals surface area contributed by atoms with Gasteiger partial charge in [0, 0.05) is 7.05 Å². The normalized spacial score (nSPS) is 10.1. The Labute approximate surface area is 98.5 Å². The smallest absolute Gasteiger partial charge is 0.260 e. The minimum absolute atomic E-state index is 0.0846. The minimum atomic E-state index is -0.591. The molecule has 0 atom stereocenters. The number of benzene rings is 1. The Morgan fingerprint density at radius 3 is 2.76 bits per heavy atom. The summed E-state index contributed by atoms with van der Waals surface area (Å²) in [5.74, 6) is 0.216. The zero-order chi connectivity index (χ0) is 12.3. The maximum Gasteiger partial charge on any atom is 0.260 e. The zero-order valence-corrected chi connectivity index (χ0v) is 9.57. The van der Waals surface area contributed by atoms with Gasteiger partial charge < -0.3 is 10.1 Å². The summed E-state index contributed by atoms with van der Waals surface area (Å²) in [5.41, 5.74) is 0.913. The van der Waals surface area contributed by atoms with Crippen LogP contribution in [0.25, 0.3) is 0 Å². The second-order valence-corrected chi connectivity index (χ2v) is 3.46. The van der Waals surface area contributed by atoms with Crippen LogP contribution in [0.1, 0.15) is 5.56 Å². The molecule has 0 unspecified atom stereocenters. The summed E-state index contributed by atoms with van der Waals surface area (Å²) >= 11 is 0. The molecule has 4 nitrogen and oxygen atoms in total. The average molecular weight is 233 g/mol. The lowest BCUT2D eigenvalue weighted by atomic mass is 10.2. The summed E-state index contributed by atoms with van der Waals surface area (Å²) in [5, 5.41) is 2.73. The molecule has 0 aliphatic heterocycles. The van der Waals surface area contributed by atoms with Gasteiger partial charge in [-0.05, 0) is 18.6 Å². The fraction of sp³-hybridized carbons (Fsp3) is 0.167. The molecule has 5 heteroatoms. The van der Waals surface area contributed by atoms with Crippen LogP contribution in [0, 0.1) is 12.7 Å². The molecule has 0 fully saturated rings. The maximum absolute atomic E-state index is 13.4. The minimum Gasteiger partial charge on any atom is -0.436 e. The third-order valence-corrected chi connectivity index (χ3v) is 2.24. The number of rotatable bonds is 3. The summed E-state index contributed by atoms with van der Waals surface area (Å²) in [7, 11) is 1.66. The van der Waals surface area contributed by atoms with Crippen molar-refractivity contribution < 1.29 is 9.13 Å². The Morgan fingerprint density at radius 1 is 1.29 bits per heavy atom. The second kappa shape index (κ2) is 4.78. The molecule has 0 saturated heterocycles. The fourth-order valence-corrected chi connectivity index (χ4v) is 1.32. The molecule has 0 bridgehead atoms. The second-order valence-electron chi connectivity index (χ2n) is 3.46. The molecule has 1 aromatic heterocycles. The van der Waals surface area contributed by atoms with E-state index >= 15 is 0 Å². The molecule has 2 rings (SSSR count). The summed E-state index contributed by atoms with van der Waals surface area (Å²) in [6.45, 7) is 1.88. The molecule has 0 aliphatic rings. The molecular formula is C12H12FN3O. The molecule has 1 aromatic carbocycles. The molecule has 88 valence electrons. The Bertz CT molecular complexity index is 531. The van der Waals surface area contributed by atoms with E-state index in [1.165, 1.54) is 0 Å². The highest BCUT2D eigenvalue weighted by Gasteiger charge is 2.09. The Morgan fingerprint density at radius 2 is 2.06 bits per heavy atom. The lowest BCUT2D eigenvalue weighted by Crippen LogP contribution is -2.00. The van der Waals surface area contributed by atoms with Gasteiger partial charge in [-0.1, -0.05) is 18.2 Å². The van der Waals surface area contributed by atoms with Gasteiger partial charge in [-0.25, -0.2) is 4.98 Å². The number of nitrogens with one attached hydrogen (secondary N) is 1. The first-order chi connectivity index (χ1) is 8.20. The average Bonchev–Trinajstić information content (AvgIpc) is 2.35. The van der Waals surface area contributed by atoms with Gasteiger partial charge in [0.25, 0.3) is 5.88 Å². The number of aromatic nitrogens is 2. The quantitative estimate of drug-likeness (QED) is 0.885. The molecule has 17 heavy (non-hydrogen) atoms. The van der Waals surface area contributed by atoms with Gasteiger partial charge in [-0.15, -0.1) is 0 Å². The molecule has 1 heterocycles. The van der Waals surface area contributed by atoms with Gasteiger partial charge in [0.05, 0.1) is 6.20 Å². The first kappa shape index (κ1) is 11.3. The van der Waals surface area contributed by atoms with Crippen LogP contribution in [0.15, 0.2) is 30.5 Å². The summed E-state index contributed by atoms with van der Waals surface area (Å²) in [4.78, 5) is 7.65. The topological polar surface area (TPSA) is 47.0 Å². The van der Waals surface area contributed by atoms with Gasteiger partial charge in [-0.2, -0.15) is 9.37 Å². The molecule has 0 radical (unpaired) electrons. The van der Waals surface area contributed by atoms with Gasteiger partial charge >= 0.3 is 0 Å². The van der Waals surface area contributed by atoms with Gasteiger partial charge in [0.2, 0.25) is 11.8 Å². The lowest BCUT2D eigenvalue weighted by molar-refractivity contribution is 0.418. The Hall–Kier alpha value is -2.17. The monoisotopic (exact) mass is 233 g/mol. The van der Waals surface area contributed by atoms with Crippen molar-refractivity contribution in [2.24, 2.45) is 0 Å². The molecule has 0 aliphatic carbocycles. The van der Waals surface area contributed by atoms with Gasteiger partial charge in [0.15, 0.2) is 0 Å². The van der Waals surface area contributed by atoms with Crippen LogP contribution < -0.4 is 10.1 Å². The Balaban J connectivity index is 2.32. The van der Waals surface area contributed by atoms with E-state index in [2.05, 4.69) is 15.3 Å². The standard InChI is InChI=1S/C12H12FN3O/c1-8-5-3-4-6-10(8)17-11-9(13)7-15-12(14-2)16-11/h3-7H,1-2H3,(H,14,15,16). The van der Waals surface area contributed by atoms with Crippen LogP contribution >= 0.6 is 0 Å². The van der Waals surface area contributed by atoms with Crippen LogP contribution in [-0.2, 0) is 0 Å². The van der Waals surface area contributed by atoms with Crippen molar-refractivity contribution in [2.75, 3.05) is 12.4 Å². The van der Waals surface area contributed by atoms with E-state index in [9.17, 15) is 4.39 Å². The van der Waals surface area contributed by atoms with E-state index < -0.39 is 5.82 Å². The van der Waals surface area contributed by atoms with E-state index in [1.807, 2.05) is 25.1 Å². The number of hydrogen-bond donors (Lipinski definition) is 1. The summed E-state index contributed by atoms with van der Waals surface area (Å²) in [6, 6.07) is 7.35. The first-order valence-electron chi connectivity index (χ1n) is 5.14. The third-order valence-electron chi connectivity index (χ3n) is 2.24. The number of nitrogens with zero attached hydrogens (tertiary/aromatic N) is 2. The summed E-state index contributed by atoms with van der Waals surface area (Å²) < 4.78 is 18.9. The molecule has 2 aromatic rings. The van der Waals surface area contributed by atoms with Crippen molar-refractivity contribution in [3.8, 4) is 11.6 Å². The largest absolute Gasteiger partial charge is 0.436 e. The highest BCUT2D eigenvalue weighted by Crippen LogP contribution is 2.25. The number of para-hydroxylation sites is 1. The van der Waals surface area contributed by atoms with Crippen molar-refractivity contribution >= 4 is 5.95 Å². The number of aryl methyl sites for hydroxylation is 1. The van der Waals surface area contributed by atoms with Crippen LogP contribution in [0.2, 0.25) is 0 Å². The van der Waals surface area contributed by atoms with E-state index in [4.69, 9.17) is 4.74 Å². The SMILES string of the molecule is CNc1ncc(F)c(Oc2ccccc2C)n1. The van der Waals surface area contributed by atoms with Gasteiger partial charge in [-0.3, -0.25) is 0 Å². The predicted octanol–water partition coefficient (Wildman–Crippen LogP) is 2.76. The predicted molar refractivity (Wildman–Crippen MR) is 62.8 cm³/mol. The van der Waals surface area contributed by atoms with Crippen LogP contribution in [0.5, 0.6) is 11.6 Å². The van der Waals surface area contributed by atoms with E-state index in [0.29, 0.717) is 11.7 Å². The van der Waals surface area contributed by atoms with Gasteiger partial charge in [0.1, 0.15) is 5.75 Å². The van der Waals surface area contributed by atoms with Crippen molar-refractivity contribution in [3.63, 3.8) is 0 Å². The van der Waals surface area contributed by atoms with Crippen molar-refractivity contribution in [1.82, 2.24) is 9.97 Å². The van der Waals surface area contributed by atoms with Crippen molar-refractivity contribution in [2.45, 2.75) is 6.92 Å². The third kappa shape index (κ3) is 2.50. The maximum atomic E-state index is 13.4. The highest BCUT2D eigenvalue weighted by molar-refractivity contribution is 5.36. The van der Waals surface area contributed by atoms with E-state index in [-0.39, 0.29) is 5.88 Å². The lowest BCUT2D eigenvalue weighted by Gasteiger charge is -2.08. The van der Waals surface area contributed by atoms with E-state index in [1.54, 1.807) is 13.1 Å². The molecular weight excluding hydrogens is 221 g/mol. The highest BCUT2D eigenvalue weighted by atomic mass is 19.1. The van der Waals surface area contributed by atoms with Crippen LogP contribution in [-0.4, -0.2) is 17.0 Å². The first-order valence-corrected chi connectivity index (χ1v) is 5.14. The fourth-order valence-electron chi connectivity index (χ4n) is 1.32. The van der Waals surface area contributed by atoms with E-state index in [0.717, 1.165) is 11.8 Å². The number of halogens is 1. The van der Waals surface area contributed by atoms with Crippen molar-refractivity contribution in [1.29, 1.82) is 0 Å². The Kier molecular flexibility index (Phi) is 3.18. The molecule has 1 N–H and O–H groups in total. The zero-order valence-electron chi connectivity index (χ0n) is 9.57. The molecule has 0 saturated carbocycles. The van der Waals surface area contributed by atoms with Crippen LogP contribution in [0.4, 0.5) is 10.3 Å². The number of anilines is 1.